The van der Waals surface area contributed by atoms with Gasteiger partial charge in [-0.15, -0.1) is 0 Å². The molecule has 20 heavy (non-hydrogen) atoms. The second-order valence-electron chi connectivity index (χ2n) is 5.45. The van der Waals surface area contributed by atoms with E-state index in [1.807, 2.05) is 18.2 Å². The van der Waals surface area contributed by atoms with E-state index in [0.717, 1.165) is 17.9 Å². The molecule has 0 radical (unpaired) electrons. The Kier molecular flexibility index (Phi) is 4.80. The lowest BCUT2D eigenvalue weighted by Crippen LogP contribution is -2.04. The van der Waals surface area contributed by atoms with E-state index in [1.54, 1.807) is 0 Å². The number of hydrogen-bond acceptors (Lipinski definition) is 2. The molecule has 2 rings (SSSR count). The van der Waals surface area contributed by atoms with Gasteiger partial charge in [-0.25, -0.2) is 0 Å². The Bertz CT molecular complexity index is 558. The first kappa shape index (κ1) is 14.6. The van der Waals surface area contributed by atoms with Crippen molar-refractivity contribution in [2.75, 3.05) is 6.54 Å². The van der Waals surface area contributed by atoms with Crippen LogP contribution in [-0.4, -0.2) is 6.54 Å². The molecule has 2 aromatic rings. The standard InChI is InChI=1S/C18H23NO/c1-13(2)15-4-7-17(8-5-15)20-18-9-6-16(10-11-19)14(3)12-18/h4-9,12-13H,10-11,19H2,1-3H3. The molecule has 106 valence electrons. The molecule has 2 nitrogen and oxygen atoms in total. The summed E-state index contributed by atoms with van der Waals surface area (Å²) in [6.07, 6.45) is 0.912. The Labute approximate surface area is 121 Å². The van der Waals surface area contributed by atoms with Crippen LogP contribution in [0, 0.1) is 6.92 Å². The highest BCUT2D eigenvalue weighted by Gasteiger charge is 2.03. The van der Waals surface area contributed by atoms with Crippen molar-refractivity contribution in [3.05, 3.63) is 59.2 Å². The van der Waals surface area contributed by atoms with Crippen LogP contribution < -0.4 is 10.5 Å². The van der Waals surface area contributed by atoms with Gasteiger partial charge in [0.15, 0.2) is 0 Å². The normalized spacial score (nSPS) is 10.8. The zero-order chi connectivity index (χ0) is 14.5. The average molecular weight is 269 g/mol. The highest BCUT2D eigenvalue weighted by atomic mass is 16.5. The van der Waals surface area contributed by atoms with Crippen molar-refractivity contribution < 1.29 is 4.74 Å². The van der Waals surface area contributed by atoms with Gasteiger partial charge in [0.25, 0.3) is 0 Å². The molecule has 0 aliphatic carbocycles. The lowest BCUT2D eigenvalue weighted by atomic mass is 10.0. The number of aryl methyl sites for hydroxylation is 1. The van der Waals surface area contributed by atoms with Crippen molar-refractivity contribution in [3.8, 4) is 11.5 Å². The van der Waals surface area contributed by atoms with Crippen LogP contribution in [-0.2, 0) is 6.42 Å². The van der Waals surface area contributed by atoms with E-state index in [9.17, 15) is 0 Å². The number of ether oxygens (including phenoxy) is 1. The van der Waals surface area contributed by atoms with E-state index in [0.29, 0.717) is 12.5 Å². The predicted octanol–water partition coefficient (Wildman–Crippen LogP) is 4.41. The minimum atomic E-state index is 0.543. The maximum absolute atomic E-state index is 5.90. The Balaban J connectivity index is 2.11. The summed E-state index contributed by atoms with van der Waals surface area (Å²) < 4.78 is 5.90. The molecule has 0 atom stereocenters. The minimum absolute atomic E-state index is 0.543. The molecule has 0 aromatic heterocycles. The molecule has 0 spiro atoms. The van der Waals surface area contributed by atoms with Gasteiger partial charge in [-0.05, 0) is 66.8 Å². The number of hydrogen-bond donors (Lipinski definition) is 1. The van der Waals surface area contributed by atoms with Crippen LogP contribution in [0.25, 0.3) is 0 Å². The Morgan fingerprint density at radius 1 is 1.00 bits per heavy atom. The Morgan fingerprint density at radius 2 is 1.65 bits per heavy atom. The van der Waals surface area contributed by atoms with Crippen LogP contribution in [0.2, 0.25) is 0 Å². The maximum Gasteiger partial charge on any atom is 0.127 e. The summed E-state index contributed by atoms with van der Waals surface area (Å²) >= 11 is 0. The number of nitrogens with two attached hydrogens (primary N) is 1. The highest BCUT2D eigenvalue weighted by molar-refractivity contribution is 5.38. The van der Waals surface area contributed by atoms with Gasteiger partial charge < -0.3 is 10.5 Å². The molecule has 0 aliphatic rings. The quantitative estimate of drug-likeness (QED) is 0.872. The van der Waals surface area contributed by atoms with Crippen molar-refractivity contribution in [1.29, 1.82) is 0 Å². The SMILES string of the molecule is Cc1cc(Oc2ccc(C(C)C)cc2)ccc1CCN. The molecule has 0 bridgehead atoms. The summed E-state index contributed by atoms with van der Waals surface area (Å²) in [5.74, 6) is 2.29. The third-order valence-corrected chi connectivity index (χ3v) is 3.51. The van der Waals surface area contributed by atoms with Crippen molar-refractivity contribution in [1.82, 2.24) is 0 Å². The largest absolute Gasteiger partial charge is 0.457 e. The van der Waals surface area contributed by atoms with Gasteiger partial charge in [-0.2, -0.15) is 0 Å². The molecule has 0 heterocycles. The van der Waals surface area contributed by atoms with Crippen LogP contribution in [0.3, 0.4) is 0 Å². The first-order chi connectivity index (χ1) is 9.60. The van der Waals surface area contributed by atoms with Crippen molar-refractivity contribution in [3.63, 3.8) is 0 Å². The fourth-order valence-electron chi connectivity index (χ4n) is 2.22. The highest BCUT2D eigenvalue weighted by Crippen LogP contribution is 2.25. The zero-order valence-electron chi connectivity index (χ0n) is 12.5. The lowest BCUT2D eigenvalue weighted by Gasteiger charge is -2.11. The van der Waals surface area contributed by atoms with E-state index in [1.165, 1.54) is 16.7 Å². The predicted molar refractivity (Wildman–Crippen MR) is 84.5 cm³/mol. The molecule has 0 fully saturated rings. The molecular formula is C18H23NO. The van der Waals surface area contributed by atoms with Gasteiger partial charge in [-0.1, -0.05) is 32.0 Å². The van der Waals surface area contributed by atoms with E-state index in [4.69, 9.17) is 10.5 Å². The summed E-state index contributed by atoms with van der Waals surface area (Å²) in [5.41, 5.74) is 9.44. The molecule has 2 aromatic carbocycles. The summed E-state index contributed by atoms with van der Waals surface area (Å²) in [4.78, 5) is 0. The summed E-state index contributed by atoms with van der Waals surface area (Å²) in [5, 5.41) is 0. The van der Waals surface area contributed by atoms with Gasteiger partial charge in [0.1, 0.15) is 11.5 Å². The number of rotatable bonds is 5. The molecule has 0 unspecified atom stereocenters. The number of benzene rings is 2. The molecular weight excluding hydrogens is 246 g/mol. The third-order valence-electron chi connectivity index (χ3n) is 3.51. The third kappa shape index (κ3) is 3.61. The monoisotopic (exact) mass is 269 g/mol. The molecule has 0 amide bonds. The lowest BCUT2D eigenvalue weighted by molar-refractivity contribution is 0.481. The van der Waals surface area contributed by atoms with Crippen LogP contribution >= 0.6 is 0 Å². The van der Waals surface area contributed by atoms with E-state index in [-0.39, 0.29) is 0 Å². The maximum atomic E-state index is 5.90. The van der Waals surface area contributed by atoms with Gasteiger partial charge in [0.2, 0.25) is 0 Å². The Morgan fingerprint density at radius 3 is 2.20 bits per heavy atom. The van der Waals surface area contributed by atoms with Crippen molar-refractivity contribution in [2.45, 2.75) is 33.1 Å². The van der Waals surface area contributed by atoms with Gasteiger partial charge in [0, 0.05) is 0 Å². The van der Waals surface area contributed by atoms with Gasteiger partial charge in [-0.3, -0.25) is 0 Å². The van der Waals surface area contributed by atoms with Crippen molar-refractivity contribution in [2.24, 2.45) is 5.73 Å². The fourth-order valence-corrected chi connectivity index (χ4v) is 2.22. The first-order valence-corrected chi connectivity index (χ1v) is 7.17. The van der Waals surface area contributed by atoms with E-state index in [2.05, 4.69) is 45.0 Å². The first-order valence-electron chi connectivity index (χ1n) is 7.17. The molecule has 2 heteroatoms. The fraction of sp³-hybridized carbons (Fsp3) is 0.333. The molecule has 0 saturated carbocycles. The smallest absolute Gasteiger partial charge is 0.127 e. The average Bonchev–Trinajstić information content (AvgIpc) is 2.42. The zero-order valence-corrected chi connectivity index (χ0v) is 12.5. The van der Waals surface area contributed by atoms with Crippen LogP contribution in [0.1, 0.15) is 36.5 Å². The van der Waals surface area contributed by atoms with Crippen molar-refractivity contribution >= 4 is 0 Å². The summed E-state index contributed by atoms with van der Waals surface area (Å²) in [6, 6.07) is 14.5. The van der Waals surface area contributed by atoms with Gasteiger partial charge >= 0.3 is 0 Å². The van der Waals surface area contributed by atoms with Gasteiger partial charge in [0.05, 0.1) is 0 Å². The topological polar surface area (TPSA) is 35.2 Å². The van der Waals surface area contributed by atoms with Crippen LogP contribution in [0.5, 0.6) is 11.5 Å². The van der Waals surface area contributed by atoms with Crippen LogP contribution in [0.15, 0.2) is 42.5 Å². The molecule has 0 aliphatic heterocycles. The van der Waals surface area contributed by atoms with E-state index < -0.39 is 0 Å². The summed E-state index contributed by atoms with van der Waals surface area (Å²) in [7, 11) is 0. The second-order valence-corrected chi connectivity index (χ2v) is 5.45. The molecule has 2 N–H and O–H groups in total. The molecule has 0 saturated heterocycles. The Hall–Kier alpha value is -1.80. The summed E-state index contributed by atoms with van der Waals surface area (Å²) in [6.45, 7) is 7.15. The second kappa shape index (κ2) is 6.58. The minimum Gasteiger partial charge on any atom is -0.457 e. The van der Waals surface area contributed by atoms with E-state index >= 15 is 0 Å². The van der Waals surface area contributed by atoms with Crippen LogP contribution in [0.4, 0.5) is 0 Å².